The molecular formula is C12H21ClN2O2. The van der Waals surface area contributed by atoms with Gasteiger partial charge in [0.2, 0.25) is 0 Å². The zero-order chi connectivity index (χ0) is 13.2. The number of aliphatic hydroxyl groups is 1. The van der Waals surface area contributed by atoms with Crippen LogP contribution in [-0.4, -0.2) is 33.7 Å². The molecule has 2 unspecified atom stereocenters. The molecule has 1 aromatic heterocycles. The maximum atomic E-state index is 10.3. The van der Waals surface area contributed by atoms with E-state index in [9.17, 15) is 5.11 Å². The van der Waals surface area contributed by atoms with Crippen LogP contribution in [0.3, 0.4) is 0 Å². The average Bonchev–Trinajstić information content (AvgIpc) is 2.54. The lowest BCUT2D eigenvalue weighted by molar-refractivity contribution is -0.0724. The van der Waals surface area contributed by atoms with E-state index in [0.29, 0.717) is 11.4 Å². The molecule has 0 bridgehead atoms. The zero-order valence-electron chi connectivity index (χ0n) is 11.1. The van der Waals surface area contributed by atoms with Crippen LogP contribution in [0, 0.1) is 0 Å². The van der Waals surface area contributed by atoms with Gasteiger partial charge in [-0.3, -0.25) is 4.68 Å². The van der Waals surface area contributed by atoms with Gasteiger partial charge in [0.1, 0.15) is 0 Å². The highest BCUT2D eigenvalue weighted by atomic mass is 35.5. The second-order valence-electron chi connectivity index (χ2n) is 4.60. The Morgan fingerprint density at radius 1 is 1.59 bits per heavy atom. The van der Waals surface area contributed by atoms with Crippen molar-refractivity contribution in [3.05, 3.63) is 16.4 Å². The monoisotopic (exact) mass is 260 g/mol. The standard InChI is InChI=1S/C12H21ClN2O2/c1-6-9-11(13)10(15(4)14-9)7-12(3,16)8(2)17-5/h8,16H,6-7H2,1-5H3. The summed E-state index contributed by atoms with van der Waals surface area (Å²) in [6.07, 6.45) is 0.942. The molecule has 1 N–H and O–H groups in total. The summed E-state index contributed by atoms with van der Waals surface area (Å²) < 4.78 is 6.91. The molecule has 17 heavy (non-hydrogen) atoms. The fourth-order valence-corrected chi connectivity index (χ4v) is 2.11. The van der Waals surface area contributed by atoms with E-state index < -0.39 is 5.60 Å². The summed E-state index contributed by atoms with van der Waals surface area (Å²) in [5, 5.41) is 15.3. The van der Waals surface area contributed by atoms with Crippen LogP contribution in [0.1, 0.15) is 32.2 Å². The van der Waals surface area contributed by atoms with E-state index in [-0.39, 0.29) is 6.10 Å². The molecule has 0 fully saturated rings. The number of hydrogen-bond donors (Lipinski definition) is 1. The third-order valence-corrected chi connectivity index (χ3v) is 3.69. The molecule has 0 aliphatic carbocycles. The van der Waals surface area contributed by atoms with Gasteiger partial charge in [-0.25, -0.2) is 0 Å². The van der Waals surface area contributed by atoms with Crippen LogP contribution in [0.15, 0.2) is 0 Å². The molecule has 0 saturated heterocycles. The van der Waals surface area contributed by atoms with E-state index in [1.165, 1.54) is 0 Å². The summed E-state index contributed by atoms with van der Waals surface area (Å²) in [5.74, 6) is 0. The third-order valence-electron chi connectivity index (χ3n) is 3.26. The minimum absolute atomic E-state index is 0.265. The first-order chi connectivity index (χ1) is 7.83. The average molecular weight is 261 g/mol. The Balaban J connectivity index is 2.99. The number of rotatable bonds is 5. The smallest absolute Gasteiger partial charge is 0.0932 e. The van der Waals surface area contributed by atoms with Crippen LogP contribution in [0.25, 0.3) is 0 Å². The van der Waals surface area contributed by atoms with Gasteiger partial charge in [0.25, 0.3) is 0 Å². The summed E-state index contributed by atoms with van der Waals surface area (Å²) in [7, 11) is 3.43. The van der Waals surface area contributed by atoms with Crippen LogP contribution in [0.4, 0.5) is 0 Å². The summed E-state index contributed by atoms with van der Waals surface area (Å²) in [4.78, 5) is 0. The molecule has 0 aliphatic rings. The Bertz CT molecular complexity index is 388. The van der Waals surface area contributed by atoms with E-state index in [1.807, 2.05) is 20.9 Å². The van der Waals surface area contributed by atoms with Gasteiger partial charge in [0, 0.05) is 20.6 Å². The molecule has 0 aliphatic heterocycles. The first-order valence-electron chi connectivity index (χ1n) is 5.78. The molecule has 5 heteroatoms. The molecule has 0 saturated carbocycles. The number of ether oxygens (including phenoxy) is 1. The highest BCUT2D eigenvalue weighted by Crippen LogP contribution is 2.26. The van der Waals surface area contributed by atoms with Crippen LogP contribution >= 0.6 is 11.6 Å². The molecule has 1 aromatic rings. The van der Waals surface area contributed by atoms with Gasteiger partial charge in [-0.2, -0.15) is 5.10 Å². The van der Waals surface area contributed by atoms with Crippen LogP contribution in [0.2, 0.25) is 5.02 Å². The Hall–Kier alpha value is -0.580. The fourth-order valence-electron chi connectivity index (χ4n) is 1.75. The molecule has 4 nitrogen and oxygen atoms in total. The maximum Gasteiger partial charge on any atom is 0.0932 e. The SMILES string of the molecule is CCc1nn(C)c(CC(C)(O)C(C)OC)c1Cl. The lowest BCUT2D eigenvalue weighted by Crippen LogP contribution is -2.41. The Morgan fingerprint density at radius 3 is 2.59 bits per heavy atom. The van der Waals surface area contributed by atoms with Crippen molar-refractivity contribution in [1.29, 1.82) is 0 Å². The molecule has 0 amide bonds. The van der Waals surface area contributed by atoms with Crippen molar-refractivity contribution in [2.24, 2.45) is 7.05 Å². The van der Waals surface area contributed by atoms with Gasteiger partial charge < -0.3 is 9.84 Å². The van der Waals surface area contributed by atoms with E-state index >= 15 is 0 Å². The van der Waals surface area contributed by atoms with Crippen molar-refractivity contribution < 1.29 is 9.84 Å². The number of aromatic nitrogens is 2. The zero-order valence-corrected chi connectivity index (χ0v) is 11.9. The highest BCUT2D eigenvalue weighted by molar-refractivity contribution is 6.31. The minimum atomic E-state index is -0.961. The van der Waals surface area contributed by atoms with E-state index in [2.05, 4.69) is 5.10 Å². The largest absolute Gasteiger partial charge is 0.387 e. The van der Waals surface area contributed by atoms with Crippen molar-refractivity contribution in [1.82, 2.24) is 9.78 Å². The van der Waals surface area contributed by atoms with Crippen molar-refractivity contribution in [2.45, 2.75) is 45.3 Å². The lowest BCUT2D eigenvalue weighted by Gasteiger charge is -2.29. The van der Waals surface area contributed by atoms with Gasteiger partial charge >= 0.3 is 0 Å². The molecule has 0 aromatic carbocycles. The van der Waals surface area contributed by atoms with E-state index in [1.54, 1.807) is 18.7 Å². The minimum Gasteiger partial charge on any atom is -0.387 e. The second-order valence-corrected chi connectivity index (χ2v) is 4.97. The molecule has 98 valence electrons. The molecular weight excluding hydrogens is 240 g/mol. The number of aryl methyl sites for hydroxylation is 2. The van der Waals surface area contributed by atoms with Gasteiger partial charge in [-0.15, -0.1) is 0 Å². The molecule has 1 heterocycles. The van der Waals surface area contributed by atoms with E-state index in [0.717, 1.165) is 17.8 Å². The first-order valence-corrected chi connectivity index (χ1v) is 6.16. The van der Waals surface area contributed by atoms with Gasteiger partial charge in [0.05, 0.1) is 28.1 Å². The summed E-state index contributed by atoms with van der Waals surface area (Å²) in [6.45, 7) is 5.59. The van der Waals surface area contributed by atoms with Crippen molar-refractivity contribution in [3.8, 4) is 0 Å². The van der Waals surface area contributed by atoms with Crippen molar-refractivity contribution in [2.75, 3.05) is 7.11 Å². The highest BCUT2D eigenvalue weighted by Gasteiger charge is 2.31. The predicted molar refractivity (Wildman–Crippen MR) is 68.4 cm³/mol. The fraction of sp³-hybridized carbons (Fsp3) is 0.750. The van der Waals surface area contributed by atoms with Gasteiger partial charge in [-0.1, -0.05) is 18.5 Å². The first kappa shape index (κ1) is 14.5. The molecule has 0 radical (unpaired) electrons. The van der Waals surface area contributed by atoms with Gasteiger partial charge in [0.15, 0.2) is 0 Å². The number of nitrogens with zero attached hydrogens (tertiary/aromatic N) is 2. The molecule has 1 rings (SSSR count). The Kier molecular flexibility index (Phi) is 4.58. The van der Waals surface area contributed by atoms with Crippen LogP contribution in [-0.2, 0) is 24.6 Å². The van der Waals surface area contributed by atoms with Crippen molar-refractivity contribution >= 4 is 11.6 Å². The van der Waals surface area contributed by atoms with Crippen LogP contribution in [0.5, 0.6) is 0 Å². The number of halogens is 1. The molecule has 0 spiro atoms. The number of methoxy groups -OCH3 is 1. The van der Waals surface area contributed by atoms with E-state index in [4.69, 9.17) is 16.3 Å². The van der Waals surface area contributed by atoms with Crippen molar-refractivity contribution in [3.63, 3.8) is 0 Å². The summed E-state index contributed by atoms with van der Waals surface area (Å²) >= 11 is 6.25. The third kappa shape index (κ3) is 3.00. The molecule has 2 atom stereocenters. The summed E-state index contributed by atoms with van der Waals surface area (Å²) in [5.41, 5.74) is 0.749. The topological polar surface area (TPSA) is 47.3 Å². The maximum absolute atomic E-state index is 10.3. The summed E-state index contributed by atoms with van der Waals surface area (Å²) in [6, 6.07) is 0. The van der Waals surface area contributed by atoms with Gasteiger partial charge in [-0.05, 0) is 20.3 Å². The Labute approximate surface area is 108 Å². The normalized spacial score (nSPS) is 16.9. The van der Waals surface area contributed by atoms with Crippen LogP contribution < -0.4 is 0 Å². The quantitative estimate of drug-likeness (QED) is 0.881. The second kappa shape index (κ2) is 5.38. The predicted octanol–water partition coefficient (Wildman–Crippen LogP) is 1.96. The Morgan fingerprint density at radius 2 is 2.18 bits per heavy atom. The lowest BCUT2D eigenvalue weighted by atomic mass is 9.94. The number of hydrogen-bond acceptors (Lipinski definition) is 3.